The Labute approximate surface area is 508 Å². The molecule has 0 N–H and O–H groups in total. The van der Waals surface area contributed by atoms with E-state index in [1.54, 1.807) is 12.3 Å². The first-order valence-corrected chi connectivity index (χ1v) is 28.7. The van der Waals surface area contributed by atoms with Gasteiger partial charge in [0.25, 0.3) is 11.4 Å². The fraction of sp³-hybridized carbons (Fsp3) is 0.221. The number of hydrogen-bond donors (Lipinski definition) is 0. The number of pyridine rings is 1. The average molecular weight is 1270 g/mol. The summed E-state index contributed by atoms with van der Waals surface area (Å²) in [6.45, 7) is 20.2. The predicted molar refractivity (Wildman–Crippen MR) is 343 cm³/mol. The van der Waals surface area contributed by atoms with Crippen LogP contribution < -0.4 is 13.9 Å². The Bertz CT molecular complexity index is 4550. The van der Waals surface area contributed by atoms with Crippen LogP contribution in [0.2, 0.25) is 0 Å². The molecule has 0 amide bonds. The molecule has 0 bridgehead atoms. The maximum Gasteiger partial charge on any atom is 2.00 e. The number of fused-ring (bicyclic) bond motifs is 5. The molecule has 6 heteroatoms. The fourth-order valence-electron chi connectivity index (χ4n) is 12.3. The van der Waals surface area contributed by atoms with E-state index in [1.165, 1.54) is 22.3 Å². The molecule has 11 aromatic rings. The summed E-state index contributed by atoms with van der Waals surface area (Å²) in [6, 6.07) is 79.1. The summed E-state index contributed by atoms with van der Waals surface area (Å²) in [5, 5.41) is 1.94. The van der Waals surface area contributed by atoms with Crippen LogP contribution in [0.15, 0.2) is 200 Å². The van der Waals surface area contributed by atoms with Gasteiger partial charge >= 0.3 is 27.1 Å². The number of aryl methyl sites for hydroxylation is 1. The summed E-state index contributed by atoms with van der Waals surface area (Å²) in [5.41, 5.74) is 18.4. The number of ether oxygens (including phenoxy) is 1. The van der Waals surface area contributed by atoms with Gasteiger partial charge in [0.05, 0.1) is 11.1 Å². The predicted octanol–water partition coefficient (Wildman–Crippen LogP) is 20.3. The number of para-hydroxylation sites is 3. The molecule has 13 rings (SSSR count). The van der Waals surface area contributed by atoms with Gasteiger partial charge in [-0.3, -0.25) is 0 Å². The average Bonchev–Trinajstić information content (AvgIpc) is 1.50. The van der Waals surface area contributed by atoms with E-state index >= 15 is 0 Å². The van der Waals surface area contributed by atoms with Crippen LogP contribution in [0, 0.1) is 19.0 Å². The van der Waals surface area contributed by atoms with Gasteiger partial charge in [-0.05, 0) is 137 Å². The maximum absolute atomic E-state index is 8.99. The Hall–Kier alpha value is -8.20. The molecule has 0 atom stereocenters. The van der Waals surface area contributed by atoms with Crippen molar-refractivity contribution in [2.75, 3.05) is 0 Å². The molecule has 0 spiro atoms. The first kappa shape index (κ1) is 51.7. The van der Waals surface area contributed by atoms with Crippen LogP contribution in [0.5, 0.6) is 11.5 Å². The third-order valence-corrected chi connectivity index (χ3v) is 17.1. The molecule has 0 saturated heterocycles. The molecule has 1 aliphatic carbocycles. The molecular weight excluding hydrogens is 1190 g/mol. The molecule has 9 aromatic carbocycles. The molecule has 83 heavy (non-hydrogen) atoms. The number of benzene rings is 9. The van der Waals surface area contributed by atoms with Gasteiger partial charge in [0, 0.05) is 45.0 Å². The summed E-state index contributed by atoms with van der Waals surface area (Å²) >= 11 is 0. The van der Waals surface area contributed by atoms with Gasteiger partial charge in [0.1, 0.15) is 11.5 Å². The molecular formula is C77H70N4OPt+2. The normalized spacial score (nSPS) is 15.1. The van der Waals surface area contributed by atoms with Crippen molar-refractivity contribution < 1.29 is 29.9 Å². The number of rotatable bonds is 9. The minimum atomic E-state index is -2.44. The first-order valence-electron chi connectivity index (χ1n) is 30.2. The van der Waals surface area contributed by atoms with Gasteiger partial charge in [-0.15, -0.1) is 23.6 Å². The monoisotopic (exact) mass is 1260 g/mol. The fourth-order valence-corrected chi connectivity index (χ4v) is 12.3. The Morgan fingerprint density at radius 1 is 0.530 bits per heavy atom. The van der Waals surface area contributed by atoms with Crippen LogP contribution in [-0.2, 0) is 42.7 Å². The van der Waals surface area contributed by atoms with Crippen molar-refractivity contribution in [1.29, 1.82) is 0 Å². The van der Waals surface area contributed by atoms with Crippen LogP contribution in [0.4, 0.5) is 22.7 Å². The largest absolute Gasteiger partial charge is 2.00 e. The van der Waals surface area contributed by atoms with E-state index in [-0.39, 0.29) is 48.3 Å². The second-order valence-electron chi connectivity index (χ2n) is 25.8. The van der Waals surface area contributed by atoms with Crippen molar-refractivity contribution in [2.45, 2.75) is 111 Å². The molecule has 5 nitrogen and oxygen atoms in total. The molecule has 412 valence electrons. The summed E-state index contributed by atoms with van der Waals surface area (Å²) in [4.78, 5) is 5.16. The van der Waals surface area contributed by atoms with E-state index in [4.69, 9.17) is 13.8 Å². The third-order valence-electron chi connectivity index (χ3n) is 17.1. The van der Waals surface area contributed by atoms with Crippen LogP contribution in [0.3, 0.4) is 0 Å². The second kappa shape index (κ2) is 20.9. The van der Waals surface area contributed by atoms with Crippen molar-refractivity contribution in [3.8, 4) is 61.8 Å². The third kappa shape index (κ3) is 10.1. The zero-order chi connectivity index (χ0) is 59.4. The summed E-state index contributed by atoms with van der Waals surface area (Å²) in [5.74, 6) is 1.45. The summed E-state index contributed by atoms with van der Waals surface area (Å²) in [6.07, 6.45) is 3.90. The molecule has 0 unspecified atom stereocenters. The van der Waals surface area contributed by atoms with Crippen molar-refractivity contribution in [3.05, 3.63) is 240 Å². The van der Waals surface area contributed by atoms with Gasteiger partial charge in [0.2, 0.25) is 5.69 Å². The molecule has 0 saturated carbocycles. The zero-order valence-corrected chi connectivity index (χ0v) is 51.3. The van der Waals surface area contributed by atoms with Gasteiger partial charge in [-0.25, -0.2) is 4.98 Å². The van der Waals surface area contributed by atoms with E-state index in [9.17, 15) is 0 Å². The Morgan fingerprint density at radius 2 is 1.16 bits per heavy atom. The van der Waals surface area contributed by atoms with E-state index in [0.29, 0.717) is 28.4 Å². The molecule has 3 heterocycles. The van der Waals surface area contributed by atoms with Crippen molar-refractivity contribution in [1.82, 2.24) is 18.7 Å². The molecule has 1 aliphatic heterocycles. The van der Waals surface area contributed by atoms with E-state index < -0.39 is 6.85 Å². The molecule has 0 fully saturated rings. The van der Waals surface area contributed by atoms with Crippen LogP contribution in [0.25, 0.3) is 72.1 Å². The second-order valence-corrected chi connectivity index (χ2v) is 25.8. The van der Waals surface area contributed by atoms with Crippen molar-refractivity contribution in [2.24, 2.45) is 0 Å². The van der Waals surface area contributed by atoms with Gasteiger partial charge in [-0.2, -0.15) is 12.1 Å². The van der Waals surface area contributed by atoms with Crippen LogP contribution in [-0.4, -0.2) is 15.6 Å². The Kier molecular flexibility index (Phi) is 13.0. The topological polar surface area (TPSA) is 33.1 Å². The SMILES string of the molecule is [2H]C([2H])([2H])c1cc(-n2c3[c-]c(Oc4[c-]c([N+]5=C=[N+](c6c(-c7ccccc7)cccc6-c6cc(-c7ccccc7)cc(C(C)(C)C)c6)c6ccccc65)ccc4)ccc3c3ccc(C(C)(C)C)cc32)ncc1-c1ccc2c(c1)C(C)(C)CCC2(C)C.[Pt+2]. The van der Waals surface area contributed by atoms with Gasteiger partial charge < -0.3 is 9.30 Å². The first-order chi connectivity index (χ1) is 40.5. The Morgan fingerprint density at radius 3 is 1.87 bits per heavy atom. The van der Waals surface area contributed by atoms with Gasteiger partial charge in [0.15, 0.2) is 0 Å². The summed E-state index contributed by atoms with van der Waals surface area (Å²) < 4.78 is 40.1. The standard InChI is InChI=1S/C77H70N4O.Pt/c1-50-40-72(78-48-65(50)53-32-37-66-67(44-53)77(10,11)39-38-76(66,8)9)81-70-45-56(74(2,3)4)33-35-63(70)64-36-34-60(47-71(64)81)82-59-27-20-26-58(46-59)79-49-80(69-31-19-18-30-68(69)79)73-61(52-24-16-13-17-25-52)28-21-29-62(73)55-41-54(51-22-14-12-15-23-51)42-57(43-55)75(5,6)7;/h12-37,40-45,48H,38-39H2,1-11H3;/q;+2/i1D3;. The smallest absolute Gasteiger partial charge is 0.509 e. The van der Waals surface area contributed by atoms with Crippen molar-refractivity contribution >= 4 is 50.6 Å². The molecule has 0 radical (unpaired) electrons. The molecule has 2 aromatic heterocycles. The van der Waals surface area contributed by atoms with Crippen molar-refractivity contribution in [3.63, 3.8) is 0 Å². The minimum absolute atomic E-state index is 0. The number of nitrogens with zero attached hydrogens (tertiary/aromatic N) is 4. The van der Waals surface area contributed by atoms with Crippen LogP contribution in [0.1, 0.15) is 114 Å². The van der Waals surface area contributed by atoms with E-state index in [0.717, 1.165) is 90.8 Å². The Balaban J connectivity index is 0.00000724. The molecule has 2 aliphatic rings. The maximum atomic E-state index is 8.99. The number of aromatic nitrogens is 2. The number of hydrogen-bond acceptors (Lipinski definition) is 2. The minimum Gasteiger partial charge on any atom is -0.509 e. The quantitative estimate of drug-likeness (QED) is 0.107. The van der Waals surface area contributed by atoms with E-state index in [1.807, 2.05) is 28.8 Å². The van der Waals surface area contributed by atoms with E-state index in [2.05, 4.69) is 260 Å². The summed E-state index contributed by atoms with van der Waals surface area (Å²) in [7, 11) is 0. The van der Waals surface area contributed by atoms with Crippen LogP contribution >= 0.6 is 0 Å². The zero-order valence-electron chi connectivity index (χ0n) is 52.0. The van der Waals surface area contributed by atoms with Gasteiger partial charge in [-0.1, -0.05) is 213 Å².